The molecule has 0 aliphatic carbocycles. The first kappa shape index (κ1) is 19.4. The standard InChI is InChI=1S/C23H26N4O/c1-4-27(5-2)20-13-11-19(12-14-20)25-22-15-10-18(16-24-22)23(28)26-21-9-7-6-8-17(21)3/h6-16H,4-5H2,1-3H3,(H,24,25)(H,26,28). The van der Waals surface area contributed by atoms with Gasteiger partial charge >= 0.3 is 0 Å². The van der Waals surface area contributed by atoms with Crippen LogP contribution in [0.1, 0.15) is 29.8 Å². The number of aromatic nitrogens is 1. The first-order valence-electron chi connectivity index (χ1n) is 9.55. The van der Waals surface area contributed by atoms with Gasteiger partial charge in [0.1, 0.15) is 5.82 Å². The molecular weight excluding hydrogens is 348 g/mol. The van der Waals surface area contributed by atoms with Crippen molar-refractivity contribution in [3.05, 3.63) is 78.0 Å². The Kier molecular flexibility index (Phi) is 6.27. The van der Waals surface area contributed by atoms with Crippen LogP contribution < -0.4 is 15.5 Å². The van der Waals surface area contributed by atoms with Crippen molar-refractivity contribution >= 4 is 28.8 Å². The van der Waals surface area contributed by atoms with Gasteiger partial charge in [-0.15, -0.1) is 0 Å². The molecule has 2 N–H and O–H groups in total. The molecule has 0 bridgehead atoms. The number of anilines is 4. The predicted octanol–water partition coefficient (Wildman–Crippen LogP) is 5.23. The minimum absolute atomic E-state index is 0.170. The topological polar surface area (TPSA) is 57.3 Å². The maximum atomic E-state index is 12.4. The molecule has 0 saturated carbocycles. The number of amides is 1. The van der Waals surface area contributed by atoms with Crippen LogP contribution in [0.4, 0.5) is 22.9 Å². The zero-order valence-corrected chi connectivity index (χ0v) is 16.6. The van der Waals surface area contributed by atoms with Crippen LogP contribution in [0.5, 0.6) is 0 Å². The van der Waals surface area contributed by atoms with Gasteiger partial charge in [-0.25, -0.2) is 4.98 Å². The van der Waals surface area contributed by atoms with E-state index in [0.29, 0.717) is 11.4 Å². The SMILES string of the molecule is CCN(CC)c1ccc(Nc2ccc(C(=O)Nc3ccccc3C)cn2)cc1. The Bertz CT molecular complexity index is 916. The summed E-state index contributed by atoms with van der Waals surface area (Å²) in [7, 11) is 0. The van der Waals surface area contributed by atoms with Crippen LogP contribution >= 0.6 is 0 Å². The van der Waals surface area contributed by atoms with Crippen LogP contribution in [-0.4, -0.2) is 24.0 Å². The molecule has 0 spiro atoms. The summed E-state index contributed by atoms with van der Waals surface area (Å²) in [5, 5.41) is 6.19. The molecule has 3 aromatic rings. The van der Waals surface area contributed by atoms with Gasteiger partial charge in [-0.1, -0.05) is 18.2 Å². The predicted molar refractivity (Wildman–Crippen MR) is 117 cm³/mol. The van der Waals surface area contributed by atoms with Gasteiger partial charge in [0.05, 0.1) is 5.56 Å². The molecule has 1 amide bonds. The third kappa shape index (κ3) is 4.68. The van der Waals surface area contributed by atoms with E-state index in [1.54, 1.807) is 12.3 Å². The number of aryl methyl sites for hydroxylation is 1. The number of carbonyl (C=O) groups is 1. The number of rotatable bonds is 7. The molecule has 0 fully saturated rings. The van der Waals surface area contributed by atoms with Crippen molar-refractivity contribution in [3.63, 3.8) is 0 Å². The fourth-order valence-corrected chi connectivity index (χ4v) is 3.00. The molecular formula is C23H26N4O. The van der Waals surface area contributed by atoms with E-state index in [4.69, 9.17) is 0 Å². The first-order chi connectivity index (χ1) is 13.6. The highest BCUT2D eigenvalue weighted by Gasteiger charge is 2.08. The molecule has 0 unspecified atom stereocenters. The smallest absolute Gasteiger partial charge is 0.257 e. The lowest BCUT2D eigenvalue weighted by atomic mass is 10.2. The van der Waals surface area contributed by atoms with Gasteiger partial charge in [0.25, 0.3) is 5.91 Å². The zero-order valence-electron chi connectivity index (χ0n) is 16.6. The van der Waals surface area contributed by atoms with E-state index in [-0.39, 0.29) is 5.91 Å². The molecule has 1 aromatic heterocycles. The molecule has 5 heteroatoms. The Hall–Kier alpha value is -3.34. The Morgan fingerprint density at radius 2 is 1.68 bits per heavy atom. The molecule has 28 heavy (non-hydrogen) atoms. The van der Waals surface area contributed by atoms with Gasteiger partial charge in [0.2, 0.25) is 0 Å². The third-order valence-corrected chi connectivity index (χ3v) is 4.69. The molecule has 0 radical (unpaired) electrons. The van der Waals surface area contributed by atoms with Gasteiger partial charge in [0.15, 0.2) is 0 Å². The fraction of sp³-hybridized carbons (Fsp3) is 0.217. The number of nitrogens with zero attached hydrogens (tertiary/aromatic N) is 2. The maximum absolute atomic E-state index is 12.4. The van der Waals surface area contributed by atoms with Gasteiger partial charge in [-0.2, -0.15) is 0 Å². The van der Waals surface area contributed by atoms with Crippen molar-refractivity contribution in [1.82, 2.24) is 4.98 Å². The van der Waals surface area contributed by atoms with E-state index in [9.17, 15) is 4.79 Å². The summed E-state index contributed by atoms with van der Waals surface area (Å²) in [6, 6.07) is 19.5. The third-order valence-electron chi connectivity index (χ3n) is 4.69. The number of hydrogen-bond donors (Lipinski definition) is 2. The average molecular weight is 374 g/mol. The molecule has 2 aromatic carbocycles. The van der Waals surface area contributed by atoms with E-state index in [1.165, 1.54) is 5.69 Å². The molecule has 3 rings (SSSR count). The van der Waals surface area contributed by atoms with Crippen LogP contribution in [0, 0.1) is 6.92 Å². The number of hydrogen-bond acceptors (Lipinski definition) is 4. The Balaban J connectivity index is 1.64. The van der Waals surface area contributed by atoms with Gasteiger partial charge in [0, 0.05) is 36.3 Å². The lowest BCUT2D eigenvalue weighted by Crippen LogP contribution is -2.21. The van der Waals surface area contributed by atoms with Crippen LogP contribution in [0.3, 0.4) is 0 Å². The number of pyridine rings is 1. The average Bonchev–Trinajstić information content (AvgIpc) is 2.72. The highest BCUT2D eigenvalue weighted by molar-refractivity contribution is 6.04. The molecule has 0 atom stereocenters. The van der Waals surface area contributed by atoms with E-state index in [0.717, 1.165) is 30.0 Å². The lowest BCUT2D eigenvalue weighted by molar-refractivity contribution is 0.102. The number of para-hydroxylation sites is 1. The van der Waals surface area contributed by atoms with Crippen LogP contribution in [0.15, 0.2) is 66.9 Å². The van der Waals surface area contributed by atoms with Crippen molar-refractivity contribution in [2.24, 2.45) is 0 Å². The Morgan fingerprint density at radius 1 is 0.964 bits per heavy atom. The second-order valence-electron chi connectivity index (χ2n) is 6.55. The van der Waals surface area contributed by atoms with Crippen LogP contribution in [-0.2, 0) is 0 Å². The molecule has 144 valence electrons. The molecule has 0 aliphatic heterocycles. The van der Waals surface area contributed by atoms with Crippen molar-refractivity contribution in [3.8, 4) is 0 Å². The molecule has 1 heterocycles. The summed E-state index contributed by atoms with van der Waals surface area (Å²) in [5.41, 5.74) is 4.51. The highest BCUT2D eigenvalue weighted by Crippen LogP contribution is 2.21. The number of nitrogens with one attached hydrogen (secondary N) is 2. The Labute approximate surface area is 166 Å². The summed E-state index contributed by atoms with van der Waals surface area (Å²) < 4.78 is 0. The fourth-order valence-electron chi connectivity index (χ4n) is 3.00. The zero-order chi connectivity index (χ0) is 19.9. The van der Waals surface area contributed by atoms with Crippen molar-refractivity contribution in [2.45, 2.75) is 20.8 Å². The molecule has 0 saturated heterocycles. The van der Waals surface area contributed by atoms with Crippen molar-refractivity contribution in [2.75, 3.05) is 28.6 Å². The normalized spacial score (nSPS) is 10.4. The monoisotopic (exact) mass is 374 g/mol. The first-order valence-corrected chi connectivity index (χ1v) is 9.55. The quantitative estimate of drug-likeness (QED) is 0.594. The van der Waals surface area contributed by atoms with E-state index >= 15 is 0 Å². The summed E-state index contributed by atoms with van der Waals surface area (Å²) in [6.45, 7) is 8.23. The lowest BCUT2D eigenvalue weighted by Gasteiger charge is -2.21. The van der Waals surface area contributed by atoms with E-state index < -0.39 is 0 Å². The van der Waals surface area contributed by atoms with Crippen molar-refractivity contribution in [1.29, 1.82) is 0 Å². The summed E-state index contributed by atoms with van der Waals surface area (Å²) in [6.07, 6.45) is 1.58. The van der Waals surface area contributed by atoms with E-state index in [2.05, 4.69) is 46.5 Å². The van der Waals surface area contributed by atoms with Crippen LogP contribution in [0.2, 0.25) is 0 Å². The second kappa shape index (κ2) is 9.04. The number of carbonyl (C=O) groups excluding carboxylic acids is 1. The van der Waals surface area contributed by atoms with Crippen molar-refractivity contribution < 1.29 is 4.79 Å². The van der Waals surface area contributed by atoms with Gasteiger partial charge in [-0.05, 0) is 68.8 Å². The second-order valence-corrected chi connectivity index (χ2v) is 6.55. The summed E-state index contributed by atoms with van der Waals surface area (Å²) in [4.78, 5) is 19.1. The largest absolute Gasteiger partial charge is 0.372 e. The van der Waals surface area contributed by atoms with Gasteiger partial charge in [-0.3, -0.25) is 4.79 Å². The minimum Gasteiger partial charge on any atom is -0.372 e. The Morgan fingerprint density at radius 3 is 2.29 bits per heavy atom. The van der Waals surface area contributed by atoms with Gasteiger partial charge < -0.3 is 15.5 Å². The van der Waals surface area contributed by atoms with Crippen LogP contribution in [0.25, 0.3) is 0 Å². The highest BCUT2D eigenvalue weighted by atomic mass is 16.1. The molecule has 0 aliphatic rings. The summed E-state index contributed by atoms with van der Waals surface area (Å²) in [5.74, 6) is 0.528. The summed E-state index contributed by atoms with van der Waals surface area (Å²) >= 11 is 0. The number of benzene rings is 2. The minimum atomic E-state index is -0.170. The van der Waals surface area contributed by atoms with E-state index in [1.807, 2.05) is 49.4 Å². The maximum Gasteiger partial charge on any atom is 0.257 e. The molecule has 5 nitrogen and oxygen atoms in total.